The minimum atomic E-state index is -0.211. The van der Waals surface area contributed by atoms with E-state index < -0.39 is 0 Å². The fourth-order valence-corrected chi connectivity index (χ4v) is 5.45. The van der Waals surface area contributed by atoms with Gasteiger partial charge in [-0.25, -0.2) is 14.2 Å². The van der Waals surface area contributed by atoms with Gasteiger partial charge in [0.1, 0.15) is 0 Å². The van der Waals surface area contributed by atoms with Crippen LogP contribution in [0.1, 0.15) is 63.9 Å². The molecule has 0 radical (unpaired) electrons. The second kappa shape index (κ2) is 11.4. The van der Waals surface area contributed by atoms with Gasteiger partial charge in [0.2, 0.25) is 5.95 Å². The number of halogens is 1. The highest BCUT2D eigenvalue weighted by molar-refractivity contribution is 9.10. The molecule has 4 aromatic rings. The number of benzene rings is 2. The Labute approximate surface area is 247 Å². The lowest BCUT2D eigenvalue weighted by Gasteiger charge is -2.34. The zero-order chi connectivity index (χ0) is 29.4. The van der Waals surface area contributed by atoms with Crippen molar-refractivity contribution in [2.75, 3.05) is 7.05 Å². The number of carbonyl (C=O) groups excluding carboxylic acids is 2. The number of carbonyl (C=O) groups is 2. The van der Waals surface area contributed by atoms with Gasteiger partial charge in [-0.15, -0.1) is 0 Å². The number of fused-ring (bicyclic) bond motifs is 1. The Balaban J connectivity index is 1.61. The molecule has 2 amide bonds. The van der Waals surface area contributed by atoms with Crippen molar-refractivity contribution in [3.8, 4) is 11.6 Å². The molecule has 1 N–H and O–H groups in total. The van der Waals surface area contributed by atoms with Crippen LogP contribution in [-0.2, 0) is 19.4 Å². The average Bonchev–Trinajstić information content (AvgIpc) is 3.41. The maximum absolute atomic E-state index is 14.1. The molecule has 2 aromatic heterocycles. The van der Waals surface area contributed by atoms with E-state index >= 15 is 0 Å². The van der Waals surface area contributed by atoms with Crippen LogP contribution in [0.15, 0.2) is 64.1 Å². The Kier molecular flexibility index (Phi) is 7.95. The normalized spacial score (nSPS) is 14.7. The standard InChI is InChI=1S/C31H33BrN6O3/c1-18(2)12-21-15-34-37(16-21)31-35-27-17-36(29(40)23-8-11-26(32)19(3)13-23)20(4)14-25(27)30(41)38(31)24-9-6-22(7-10-24)28(39)33-5/h6-11,13,15-16,18,20H,12,14,17H2,1-5H3,(H,33,39). The van der Waals surface area contributed by atoms with Gasteiger partial charge >= 0.3 is 0 Å². The van der Waals surface area contributed by atoms with Gasteiger partial charge in [0.05, 0.1) is 24.1 Å². The first-order valence-electron chi connectivity index (χ1n) is 13.7. The molecule has 41 heavy (non-hydrogen) atoms. The quantitative estimate of drug-likeness (QED) is 0.340. The summed E-state index contributed by atoms with van der Waals surface area (Å²) in [5.74, 6) is 0.455. The SMILES string of the molecule is CNC(=O)c1ccc(-n2c(-n3cc(CC(C)C)cn3)nc3c(c2=O)CC(C)N(C(=O)c2ccc(Br)c(C)c2)C3)cc1. The Morgan fingerprint density at radius 3 is 2.49 bits per heavy atom. The van der Waals surface area contributed by atoms with Crippen molar-refractivity contribution in [3.05, 3.63) is 103 Å². The second-order valence-electron chi connectivity index (χ2n) is 10.9. The average molecular weight is 618 g/mol. The van der Waals surface area contributed by atoms with Crippen molar-refractivity contribution in [2.45, 2.75) is 53.1 Å². The Hall–Kier alpha value is -4.05. The van der Waals surface area contributed by atoms with Gasteiger partial charge in [-0.2, -0.15) is 5.10 Å². The topological polar surface area (TPSA) is 102 Å². The fraction of sp³-hybridized carbons (Fsp3) is 0.323. The highest BCUT2D eigenvalue weighted by Crippen LogP contribution is 2.26. The molecule has 0 saturated carbocycles. The minimum absolute atomic E-state index is 0.102. The predicted molar refractivity (Wildman–Crippen MR) is 161 cm³/mol. The number of hydrogen-bond acceptors (Lipinski definition) is 5. The van der Waals surface area contributed by atoms with Crippen molar-refractivity contribution in [3.63, 3.8) is 0 Å². The summed E-state index contributed by atoms with van der Waals surface area (Å²) in [6.07, 6.45) is 4.89. The molecule has 0 saturated heterocycles. The number of rotatable bonds is 6. The van der Waals surface area contributed by atoms with Crippen molar-refractivity contribution in [1.29, 1.82) is 0 Å². The first kappa shape index (κ1) is 28.5. The van der Waals surface area contributed by atoms with E-state index in [1.807, 2.05) is 32.2 Å². The second-order valence-corrected chi connectivity index (χ2v) is 11.8. The van der Waals surface area contributed by atoms with Gasteiger partial charge in [-0.3, -0.25) is 14.4 Å². The minimum Gasteiger partial charge on any atom is -0.355 e. The monoisotopic (exact) mass is 616 g/mol. The lowest BCUT2D eigenvalue weighted by atomic mass is 9.98. The number of nitrogens with zero attached hydrogens (tertiary/aromatic N) is 5. The maximum Gasteiger partial charge on any atom is 0.263 e. The molecule has 1 aliphatic rings. The first-order chi connectivity index (χ1) is 19.6. The van der Waals surface area contributed by atoms with Crippen LogP contribution in [-0.4, -0.2) is 49.1 Å². The maximum atomic E-state index is 14.1. The van der Waals surface area contributed by atoms with Gasteiger partial charge in [0.15, 0.2) is 0 Å². The summed E-state index contributed by atoms with van der Waals surface area (Å²) >= 11 is 3.50. The third kappa shape index (κ3) is 5.61. The summed E-state index contributed by atoms with van der Waals surface area (Å²) in [4.78, 5) is 46.6. The Bertz CT molecular complexity index is 1690. The first-order valence-corrected chi connectivity index (χ1v) is 14.4. The van der Waals surface area contributed by atoms with Crippen LogP contribution in [0.2, 0.25) is 0 Å². The summed E-state index contributed by atoms with van der Waals surface area (Å²) in [5, 5.41) is 7.17. The number of nitrogens with one attached hydrogen (secondary N) is 1. The Morgan fingerprint density at radius 2 is 1.83 bits per heavy atom. The van der Waals surface area contributed by atoms with Crippen LogP contribution in [0.3, 0.4) is 0 Å². The smallest absolute Gasteiger partial charge is 0.263 e. The number of amides is 2. The lowest BCUT2D eigenvalue weighted by Crippen LogP contribution is -2.46. The van der Waals surface area contributed by atoms with E-state index in [4.69, 9.17) is 4.98 Å². The van der Waals surface area contributed by atoms with Crippen LogP contribution >= 0.6 is 15.9 Å². The van der Waals surface area contributed by atoms with E-state index in [-0.39, 0.29) is 30.0 Å². The zero-order valence-electron chi connectivity index (χ0n) is 23.8. The van der Waals surface area contributed by atoms with E-state index in [0.717, 1.165) is 22.0 Å². The van der Waals surface area contributed by atoms with Crippen LogP contribution in [0.5, 0.6) is 0 Å². The molecule has 0 aliphatic carbocycles. The number of aryl methyl sites for hydroxylation is 1. The summed E-state index contributed by atoms with van der Waals surface area (Å²) in [6.45, 7) is 8.39. The molecular formula is C31H33BrN6O3. The summed E-state index contributed by atoms with van der Waals surface area (Å²) in [6, 6.07) is 12.2. The molecule has 5 rings (SSSR count). The van der Waals surface area contributed by atoms with Crippen molar-refractivity contribution < 1.29 is 9.59 Å². The molecule has 9 nitrogen and oxygen atoms in total. The summed E-state index contributed by atoms with van der Waals surface area (Å²) in [7, 11) is 1.58. The van der Waals surface area contributed by atoms with Crippen LogP contribution in [0, 0.1) is 12.8 Å². The third-order valence-electron chi connectivity index (χ3n) is 7.36. The van der Waals surface area contributed by atoms with Crippen molar-refractivity contribution >= 4 is 27.7 Å². The molecule has 1 unspecified atom stereocenters. The largest absolute Gasteiger partial charge is 0.355 e. The van der Waals surface area contributed by atoms with E-state index in [2.05, 4.69) is 40.2 Å². The van der Waals surface area contributed by atoms with E-state index in [1.165, 1.54) is 0 Å². The van der Waals surface area contributed by atoms with E-state index in [0.29, 0.717) is 46.4 Å². The summed E-state index contributed by atoms with van der Waals surface area (Å²) in [5.41, 5.74) is 4.58. The highest BCUT2D eigenvalue weighted by atomic mass is 79.9. The molecule has 0 fully saturated rings. The number of hydrogen-bond donors (Lipinski definition) is 1. The molecule has 3 heterocycles. The lowest BCUT2D eigenvalue weighted by molar-refractivity contribution is 0.0652. The van der Waals surface area contributed by atoms with E-state index in [9.17, 15) is 14.4 Å². The summed E-state index contributed by atoms with van der Waals surface area (Å²) < 4.78 is 4.10. The van der Waals surface area contributed by atoms with Crippen LogP contribution in [0.25, 0.3) is 11.6 Å². The van der Waals surface area contributed by atoms with E-state index in [1.54, 1.807) is 57.7 Å². The van der Waals surface area contributed by atoms with Gasteiger partial charge < -0.3 is 10.2 Å². The predicted octanol–water partition coefficient (Wildman–Crippen LogP) is 4.63. The van der Waals surface area contributed by atoms with Crippen molar-refractivity contribution in [1.82, 2.24) is 29.5 Å². The van der Waals surface area contributed by atoms with Gasteiger partial charge in [-0.05, 0) is 86.2 Å². The molecule has 2 aromatic carbocycles. The molecule has 212 valence electrons. The molecule has 0 bridgehead atoms. The van der Waals surface area contributed by atoms with Crippen LogP contribution < -0.4 is 10.9 Å². The van der Waals surface area contributed by atoms with Crippen molar-refractivity contribution in [2.24, 2.45) is 5.92 Å². The van der Waals surface area contributed by atoms with Crippen LogP contribution in [0.4, 0.5) is 0 Å². The van der Waals surface area contributed by atoms with Gasteiger partial charge in [0, 0.05) is 40.4 Å². The number of aromatic nitrogens is 4. The fourth-order valence-electron chi connectivity index (χ4n) is 5.20. The van der Waals surface area contributed by atoms with Gasteiger partial charge in [-0.1, -0.05) is 29.8 Å². The molecule has 10 heteroatoms. The Morgan fingerprint density at radius 1 is 1.12 bits per heavy atom. The molecular weight excluding hydrogens is 584 g/mol. The van der Waals surface area contributed by atoms with Gasteiger partial charge in [0.25, 0.3) is 17.4 Å². The highest BCUT2D eigenvalue weighted by Gasteiger charge is 2.32. The molecule has 0 spiro atoms. The zero-order valence-corrected chi connectivity index (χ0v) is 25.4. The molecule has 1 atom stereocenters. The third-order valence-corrected chi connectivity index (χ3v) is 8.25. The molecule has 1 aliphatic heterocycles.